The molecule has 86 valence electrons. The third-order valence-corrected chi connectivity index (χ3v) is 2.62. The van der Waals surface area contributed by atoms with Gasteiger partial charge in [-0.2, -0.15) is 5.10 Å². The Bertz CT molecular complexity index is 415. The highest BCUT2D eigenvalue weighted by atomic mass is 16.6. The number of aryl methyl sites for hydroxylation is 1. The average molecular weight is 223 g/mol. The SMILES string of the molecule is Cn1ncc([N+](=O)[O-])c1[C@H]1CCC=CCO1. The first kappa shape index (κ1) is 10.8. The smallest absolute Gasteiger partial charge is 0.312 e. The van der Waals surface area contributed by atoms with Gasteiger partial charge in [-0.3, -0.25) is 14.8 Å². The molecular weight excluding hydrogens is 210 g/mol. The number of allylic oxidation sites excluding steroid dienone is 1. The van der Waals surface area contributed by atoms with Crippen molar-refractivity contribution < 1.29 is 9.66 Å². The Morgan fingerprint density at radius 1 is 1.62 bits per heavy atom. The molecule has 6 heteroatoms. The lowest BCUT2D eigenvalue weighted by atomic mass is 10.1. The lowest BCUT2D eigenvalue weighted by molar-refractivity contribution is -0.386. The Kier molecular flexibility index (Phi) is 3.00. The molecule has 0 N–H and O–H groups in total. The van der Waals surface area contributed by atoms with E-state index in [0.717, 1.165) is 12.8 Å². The molecule has 0 aromatic carbocycles. The molecule has 0 radical (unpaired) electrons. The minimum Gasteiger partial charge on any atom is -0.368 e. The topological polar surface area (TPSA) is 70.2 Å². The Hall–Kier alpha value is -1.69. The van der Waals surface area contributed by atoms with Gasteiger partial charge in [0, 0.05) is 7.05 Å². The molecule has 0 unspecified atom stereocenters. The number of ether oxygens (including phenoxy) is 1. The molecule has 1 aliphatic rings. The standard InChI is InChI=1S/C10H13N3O3/c1-12-10(8(7-11-12)13(14)15)9-5-3-2-4-6-16-9/h2,4,7,9H,3,5-6H2,1H3/t9-/m1/s1. The Morgan fingerprint density at radius 2 is 2.44 bits per heavy atom. The van der Waals surface area contributed by atoms with Crippen molar-refractivity contribution in [3.05, 3.63) is 34.2 Å². The van der Waals surface area contributed by atoms with Gasteiger partial charge in [-0.15, -0.1) is 0 Å². The zero-order valence-corrected chi connectivity index (χ0v) is 9.00. The van der Waals surface area contributed by atoms with E-state index in [-0.39, 0.29) is 11.8 Å². The molecule has 2 heterocycles. The summed E-state index contributed by atoms with van der Waals surface area (Å²) in [7, 11) is 1.70. The van der Waals surface area contributed by atoms with E-state index >= 15 is 0 Å². The lowest BCUT2D eigenvalue weighted by Gasteiger charge is -2.14. The van der Waals surface area contributed by atoms with Crippen LogP contribution < -0.4 is 0 Å². The Morgan fingerprint density at radius 3 is 3.19 bits per heavy atom. The van der Waals surface area contributed by atoms with Crippen LogP contribution in [-0.2, 0) is 11.8 Å². The van der Waals surface area contributed by atoms with Gasteiger partial charge in [0.2, 0.25) is 0 Å². The number of hydrogen-bond donors (Lipinski definition) is 0. The summed E-state index contributed by atoms with van der Waals surface area (Å²) in [4.78, 5) is 10.4. The molecule has 0 saturated carbocycles. The van der Waals surface area contributed by atoms with E-state index in [0.29, 0.717) is 12.3 Å². The molecule has 1 aliphatic heterocycles. The predicted molar refractivity (Wildman–Crippen MR) is 56.9 cm³/mol. The number of rotatable bonds is 2. The van der Waals surface area contributed by atoms with E-state index in [2.05, 4.69) is 5.10 Å². The summed E-state index contributed by atoms with van der Waals surface area (Å²) < 4.78 is 7.09. The summed E-state index contributed by atoms with van der Waals surface area (Å²) in [5, 5.41) is 14.8. The van der Waals surface area contributed by atoms with E-state index in [1.165, 1.54) is 10.9 Å². The fourth-order valence-corrected chi connectivity index (χ4v) is 1.85. The van der Waals surface area contributed by atoms with Gasteiger partial charge in [-0.05, 0) is 12.8 Å². The van der Waals surface area contributed by atoms with Crippen molar-refractivity contribution >= 4 is 5.69 Å². The zero-order valence-electron chi connectivity index (χ0n) is 9.00. The van der Waals surface area contributed by atoms with Gasteiger partial charge in [-0.25, -0.2) is 0 Å². The molecule has 0 spiro atoms. The molecule has 1 aromatic rings. The number of hydrogen-bond acceptors (Lipinski definition) is 4. The molecular formula is C10H13N3O3. The molecule has 16 heavy (non-hydrogen) atoms. The van der Waals surface area contributed by atoms with Crippen LogP contribution in [0, 0.1) is 10.1 Å². The fraction of sp³-hybridized carbons (Fsp3) is 0.500. The van der Waals surface area contributed by atoms with Crippen molar-refractivity contribution in [1.29, 1.82) is 0 Å². The minimum atomic E-state index is -0.413. The van der Waals surface area contributed by atoms with Crippen molar-refractivity contribution in [3.8, 4) is 0 Å². The molecule has 1 atom stereocenters. The largest absolute Gasteiger partial charge is 0.368 e. The van der Waals surface area contributed by atoms with Crippen molar-refractivity contribution in [2.24, 2.45) is 7.05 Å². The highest BCUT2D eigenvalue weighted by Crippen LogP contribution is 2.31. The van der Waals surface area contributed by atoms with Crippen molar-refractivity contribution in [2.45, 2.75) is 18.9 Å². The third kappa shape index (κ3) is 1.96. The summed E-state index contributed by atoms with van der Waals surface area (Å²) in [6.45, 7) is 0.493. The molecule has 2 rings (SSSR count). The van der Waals surface area contributed by atoms with Crippen LogP contribution in [0.1, 0.15) is 24.6 Å². The van der Waals surface area contributed by atoms with Crippen molar-refractivity contribution in [3.63, 3.8) is 0 Å². The first-order valence-electron chi connectivity index (χ1n) is 5.13. The predicted octanol–water partition coefficient (Wildman–Crippen LogP) is 1.74. The van der Waals surface area contributed by atoms with E-state index in [1.807, 2.05) is 12.2 Å². The van der Waals surface area contributed by atoms with Gasteiger partial charge in [0.05, 0.1) is 11.5 Å². The van der Waals surface area contributed by atoms with E-state index in [1.54, 1.807) is 7.05 Å². The molecule has 0 bridgehead atoms. The maximum absolute atomic E-state index is 10.8. The molecule has 0 saturated heterocycles. The summed E-state index contributed by atoms with van der Waals surface area (Å²) in [5.74, 6) is 0. The van der Waals surface area contributed by atoms with Gasteiger partial charge in [0.1, 0.15) is 18.0 Å². The van der Waals surface area contributed by atoms with Crippen molar-refractivity contribution in [2.75, 3.05) is 6.61 Å². The lowest BCUT2D eigenvalue weighted by Crippen LogP contribution is -2.10. The van der Waals surface area contributed by atoms with Crippen LogP contribution in [0.4, 0.5) is 5.69 Å². The second-order valence-corrected chi connectivity index (χ2v) is 3.67. The van der Waals surface area contributed by atoms with Gasteiger partial charge >= 0.3 is 5.69 Å². The van der Waals surface area contributed by atoms with Crippen LogP contribution in [0.25, 0.3) is 0 Å². The van der Waals surface area contributed by atoms with Crippen LogP contribution in [-0.4, -0.2) is 21.3 Å². The zero-order chi connectivity index (χ0) is 11.5. The molecule has 0 amide bonds. The maximum atomic E-state index is 10.8. The van der Waals surface area contributed by atoms with Gasteiger partial charge < -0.3 is 4.74 Å². The highest BCUT2D eigenvalue weighted by molar-refractivity contribution is 5.34. The quantitative estimate of drug-likeness (QED) is 0.435. The summed E-state index contributed by atoms with van der Waals surface area (Å²) in [5.41, 5.74) is 0.586. The molecule has 1 aromatic heterocycles. The van der Waals surface area contributed by atoms with Crippen LogP contribution in [0.2, 0.25) is 0 Å². The molecule has 0 fully saturated rings. The second-order valence-electron chi connectivity index (χ2n) is 3.67. The van der Waals surface area contributed by atoms with E-state index in [4.69, 9.17) is 4.74 Å². The second kappa shape index (κ2) is 4.44. The average Bonchev–Trinajstić information content (AvgIpc) is 2.50. The normalized spacial score (nSPS) is 20.7. The molecule has 6 nitrogen and oxygen atoms in total. The minimum absolute atomic E-state index is 0.0365. The molecule has 0 aliphatic carbocycles. The van der Waals surface area contributed by atoms with Gasteiger partial charge in [0.25, 0.3) is 0 Å². The van der Waals surface area contributed by atoms with Crippen LogP contribution >= 0.6 is 0 Å². The highest BCUT2D eigenvalue weighted by Gasteiger charge is 2.27. The first-order chi connectivity index (χ1) is 7.70. The van der Waals surface area contributed by atoms with Crippen LogP contribution in [0.3, 0.4) is 0 Å². The number of nitro groups is 1. The number of aromatic nitrogens is 2. The Balaban J connectivity index is 2.31. The summed E-state index contributed by atoms with van der Waals surface area (Å²) in [6, 6.07) is 0. The monoisotopic (exact) mass is 223 g/mol. The summed E-state index contributed by atoms with van der Waals surface area (Å²) >= 11 is 0. The van der Waals surface area contributed by atoms with Crippen LogP contribution in [0.15, 0.2) is 18.3 Å². The van der Waals surface area contributed by atoms with Gasteiger partial charge in [-0.1, -0.05) is 12.2 Å². The van der Waals surface area contributed by atoms with E-state index in [9.17, 15) is 10.1 Å². The number of nitrogens with zero attached hydrogens (tertiary/aromatic N) is 3. The van der Waals surface area contributed by atoms with Crippen LogP contribution in [0.5, 0.6) is 0 Å². The Labute approximate surface area is 92.7 Å². The maximum Gasteiger partial charge on any atom is 0.312 e. The van der Waals surface area contributed by atoms with Gasteiger partial charge in [0.15, 0.2) is 0 Å². The summed E-state index contributed by atoms with van der Waals surface area (Å²) in [6.07, 6.45) is 6.61. The van der Waals surface area contributed by atoms with Crippen molar-refractivity contribution in [1.82, 2.24) is 9.78 Å². The van der Waals surface area contributed by atoms with E-state index < -0.39 is 4.92 Å². The first-order valence-corrected chi connectivity index (χ1v) is 5.13. The third-order valence-electron chi connectivity index (χ3n) is 2.62. The fourth-order valence-electron chi connectivity index (χ4n) is 1.85.